The SMILES string of the molecule is CCn1nc(C)cc1NC(=O)Cn1cnc2c(Nc3ccc(C(C)C)cc3)nc(N)nc21. The molecule has 0 unspecified atom stereocenters. The van der Waals surface area contributed by atoms with Gasteiger partial charge in [-0.1, -0.05) is 26.0 Å². The molecule has 10 heteroatoms. The summed E-state index contributed by atoms with van der Waals surface area (Å²) in [6.07, 6.45) is 1.56. The molecule has 0 aliphatic carbocycles. The monoisotopic (exact) mass is 433 g/mol. The third-order valence-electron chi connectivity index (χ3n) is 5.10. The van der Waals surface area contributed by atoms with E-state index in [2.05, 4.69) is 56.7 Å². The summed E-state index contributed by atoms with van der Waals surface area (Å²) < 4.78 is 3.39. The fourth-order valence-corrected chi connectivity index (χ4v) is 3.48. The Labute approximate surface area is 185 Å². The van der Waals surface area contributed by atoms with E-state index in [0.29, 0.717) is 35.3 Å². The molecule has 0 aliphatic rings. The van der Waals surface area contributed by atoms with Gasteiger partial charge in [-0.3, -0.25) is 4.79 Å². The maximum atomic E-state index is 12.7. The van der Waals surface area contributed by atoms with Gasteiger partial charge in [-0.25, -0.2) is 9.67 Å². The Hall–Kier alpha value is -3.95. The second-order valence-corrected chi connectivity index (χ2v) is 7.91. The first kappa shape index (κ1) is 21.3. The molecule has 3 aromatic heterocycles. The topological polar surface area (TPSA) is 129 Å². The average molecular weight is 434 g/mol. The Kier molecular flexibility index (Phi) is 5.76. The number of rotatable bonds is 7. The normalized spacial score (nSPS) is 11.3. The maximum absolute atomic E-state index is 12.7. The number of aromatic nitrogens is 6. The van der Waals surface area contributed by atoms with Gasteiger partial charge in [0.2, 0.25) is 11.9 Å². The summed E-state index contributed by atoms with van der Waals surface area (Å²) in [5, 5.41) is 10.5. The maximum Gasteiger partial charge on any atom is 0.245 e. The first-order valence-electron chi connectivity index (χ1n) is 10.5. The Morgan fingerprint density at radius 2 is 1.94 bits per heavy atom. The molecule has 0 saturated carbocycles. The molecule has 0 saturated heterocycles. The molecule has 0 fully saturated rings. The summed E-state index contributed by atoms with van der Waals surface area (Å²) in [4.78, 5) is 25.7. The van der Waals surface area contributed by atoms with Crippen LogP contribution in [0.3, 0.4) is 0 Å². The van der Waals surface area contributed by atoms with Crippen molar-refractivity contribution in [2.24, 2.45) is 0 Å². The molecule has 4 aromatic rings. The van der Waals surface area contributed by atoms with Crippen molar-refractivity contribution in [1.29, 1.82) is 0 Å². The van der Waals surface area contributed by atoms with E-state index in [4.69, 9.17) is 5.73 Å². The van der Waals surface area contributed by atoms with Gasteiger partial charge in [-0.15, -0.1) is 0 Å². The number of hydrogen-bond donors (Lipinski definition) is 3. The standard InChI is InChI=1S/C22H27N9O/c1-5-31-17(10-14(4)29-31)26-18(32)11-30-12-24-19-20(27-22(23)28-21(19)30)25-16-8-6-15(7-9-16)13(2)3/h6-10,12-13H,5,11H2,1-4H3,(H,26,32)(H3,23,25,27,28). The molecule has 0 atom stereocenters. The molecular weight excluding hydrogens is 406 g/mol. The van der Waals surface area contributed by atoms with Gasteiger partial charge in [0, 0.05) is 18.3 Å². The van der Waals surface area contributed by atoms with E-state index in [1.807, 2.05) is 32.0 Å². The smallest absolute Gasteiger partial charge is 0.245 e. The van der Waals surface area contributed by atoms with E-state index in [1.165, 1.54) is 5.56 Å². The molecule has 4 N–H and O–H groups in total. The molecule has 4 rings (SSSR count). The molecule has 10 nitrogen and oxygen atoms in total. The van der Waals surface area contributed by atoms with Gasteiger partial charge in [0.1, 0.15) is 12.4 Å². The largest absolute Gasteiger partial charge is 0.368 e. The van der Waals surface area contributed by atoms with Crippen LogP contribution in [-0.4, -0.2) is 35.2 Å². The van der Waals surface area contributed by atoms with E-state index in [-0.39, 0.29) is 18.4 Å². The van der Waals surface area contributed by atoms with Crippen LogP contribution in [0.25, 0.3) is 11.2 Å². The Morgan fingerprint density at radius 3 is 2.62 bits per heavy atom. The lowest BCUT2D eigenvalue weighted by Gasteiger charge is -2.10. The molecule has 1 amide bonds. The highest BCUT2D eigenvalue weighted by atomic mass is 16.2. The van der Waals surface area contributed by atoms with Crippen LogP contribution in [0.1, 0.15) is 37.9 Å². The highest BCUT2D eigenvalue weighted by molar-refractivity contribution is 5.92. The number of hydrogen-bond acceptors (Lipinski definition) is 7. The third-order valence-corrected chi connectivity index (χ3v) is 5.10. The van der Waals surface area contributed by atoms with Crippen molar-refractivity contribution >= 4 is 40.3 Å². The predicted octanol–water partition coefficient (Wildman–Crippen LogP) is 3.44. The number of aryl methyl sites for hydroxylation is 2. The zero-order valence-corrected chi connectivity index (χ0v) is 18.6. The molecule has 166 valence electrons. The number of nitrogens with two attached hydrogens (primary N) is 1. The number of nitrogen functional groups attached to an aromatic ring is 1. The molecule has 0 radical (unpaired) electrons. The lowest BCUT2D eigenvalue weighted by Crippen LogP contribution is -2.20. The molecule has 0 spiro atoms. The third kappa shape index (κ3) is 4.39. The number of nitrogens with one attached hydrogen (secondary N) is 2. The average Bonchev–Trinajstić information content (AvgIpc) is 3.31. The summed E-state index contributed by atoms with van der Waals surface area (Å²) in [5.74, 6) is 1.48. The Bertz CT molecular complexity index is 1250. The van der Waals surface area contributed by atoms with Gasteiger partial charge < -0.3 is 20.9 Å². The van der Waals surface area contributed by atoms with Crippen molar-refractivity contribution in [3.05, 3.63) is 47.9 Å². The van der Waals surface area contributed by atoms with Crippen LogP contribution in [-0.2, 0) is 17.9 Å². The van der Waals surface area contributed by atoms with Gasteiger partial charge in [0.15, 0.2) is 17.0 Å². The van der Waals surface area contributed by atoms with Crippen LogP contribution in [0, 0.1) is 6.92 Å². The van der Waals surface area contributed by atoms with Gasteiger partial charge in [0.05, 0.1) is 12.0 Å². The zero-order chi connectivity index (χ0) is 22.8. The Balaban J connectivity index is 1.56. The molecule has 32 heavy (non-hydrogen) atoms. The minimum Gasteiger partial charge on any atom is -0.368 e. The summed E-state index contributed by atoms with van der Waals surface area (Å²) in [5.41, 5.74) is 9.92. The number of carbonyl (C=O) groups excluding carboxylic acids is 1. The second kappa shape index (κ2) is 8.66. The van der Waals surface area contributed by atoms with Crippen molar-refractivity contribution in [3.63, 3.8) is 0 Å². The first-order valence-corrected chi connectivity index (χ1v) is 10.5. The van der Waals surface area contributed by atoms with Crippen molar-refractivity contribution in [3.8, 4) is 0 Å². The minimum atomic E-state index is -0.213. The lowest BCUT2D eigenvalue weighted by molar-refractivity contribution is -0.116. The highest BCUT2D eigenvalue weighted by Gasteiger charge is 2.16. The van der Waals surface area contributed by atoms with Gasteiger partial charge in [-0.05, 0) is 37.5 Å². The van der Waals surface area contributed by atoms with Gasteiger partial charge >= 0.3 is 0 Å². The minimum absolute atomic E-state index is 0.0312. The quantitative estimate of drug-likeness (QED) is 0.407. The van der Waals surface area contributed by atoms with Crippen molar-refractivity contribution in [2.75, 3.05) is 16.4 Å². The van der Waals surface area contributed by atoms with Crippen LogP contribution in [0.5, 0.6) is 0 Å². The van der Waals surface area contributed by atoms with Crippen LogP contribution in [0.2, 0.25) is 0 Å². The number of nitrogens with zero attached hydrogens (tertiary/aromatic N) is 6. The predicted molar refractivity (Wildman–Crippen MR) is 125 cm³/mol. The number of carbonyl (C=O) groups is 1. The number of benzene rings is 1. The molecule has 3 heterocycles. The fourth-order valence-electron chi connectivity index (χ4n) is 3.48. The van der Waals surface area contributed by atoms with E-state index in [9.17, 15) is 4.79 Å². The van der Waals surface area contributed by atoms with Gasteiger partial charge in [-0.2, -0.15) is 15.1 Å². The van der Waals surface area contributed by atoms with Crippen molar-refractivity contribution in [2.45, 2.75) is 46.7 Å². The summed E-state index contributed by atoms with van der Waals surface area (Å²) in [6.45, 7) is 8.85. The van der Waals surface area contributed by atoms with E-state index in [1.54, 1.807) is 15.6 Å². The van der Waals surface area contributed by atoms with Crippen LogP contribution in [0.4, 0.5) is 23.3 Å². The number of anilines is 4. The fraction of sp³-hybridized carbons (Fsp3) is 0.318. The van der Waals surface area contributed by atoms with Crippen molar-refractivity contribution in [1.82, 2.24) is 29.3 Å². The highest BCUT2D eigenvalue weighted by Crippen LogP contribution is 2.25. The van der Waals surface area contributed by atoms with E-state index >= 15 is 0 Å². The summed E-state index contributed by atoms with van der Waals surface area (Å²) in [7, 11) is 0. The first-order chi connectivity index (χ1) is 15.3. The van der Waals surface area contributed by atoms with E-state index in [0.717, 1.165) is 11.4 Å². The molecule has 0 aliphatic heterocycles. The van der Waals surface area contributed by atoms with Crippen LogP contribution < -0.4 is 16.4 Å². The van der Waals surface area contributed by atoms with Gasteiger partial charge in [0.25, 0.3) is 0 Å². The van der Waals surface area contributed by atoms with Crippen LogP contribution >= 0.6 is 0 Å². The summed E-state index contributed by atoms with van der Waals surface area (Å²) in [6, 6.07) is 9.95. The lowest BCUT2D eigenvalue weighted by atomic mass is 10.0. The Morgan fingerprint density at radius 1 is 1.19 bits per heavy atom. The van der Waals surface area contributed by atoms with Crippen molar-refractivity contribution < 1.29 is 4.79 Å². The second-order valence-electron chi connectivity index (χ2n) is 7.91. The number of fused-ring (bicyclic) bond motifs is 1. The molecule has 0 bridgehead atoms. The summed E-state index contributed by atoms with van der Waals surface area (Å²) >= 11 is 0. The number of imidazole rings is 1. The molecule has 1 aromatic carbocycles. The van der Waals surface area contributed by atoms with Crippen LogP contribution in [0.15, 0.2) is 36.7 Å². The number of amides is 1. The van der Waals surface area contributed by atoms with E-state index < -0.39 is 0 Å². The molecular formula is C22H27N9O. The zero-order valence-electron chi connectivity index (χ0n) is 18.6.